The van der Waals surface area contributed by atoms with Crippen molar-refractivity contribution in [3.8, 4) is 0 Å². The van der Waals surface area contributed by atoms with Gasteiger partial charge in [-0.1, -0.05) is 26.7 Å². The van der Waals surface area contributed by atoms with Crippen molar-refractivity contribution < 1.29 is 0 Å². The van der Waals surface area contributed by atoms with Crippen molar-refractivity contribution in [2.45, 2.75) is 64.6 Å². The summed E-state index contributed by atoms with van der Waals surface area (Å²) in [4.78, 5) is 2.80. The summed E-state index contributed by atoms with van der Waals surface area (Å²) in [5.74, 6) is 0.783. The van der Waals surface area contributed by atoms with Gasteiger partial charge in [-0.05, 0) is 25.7 Å². The zero-order valence-corrected chi connectivity index (χ0v) is 10.5. The summed E-state index contributed by atoms with van der Waals surface area (Å²) < 4.78 is 0. The van der Waals surface area contributed by atoms with Crippen molar-refractivity contribution in [1.82, 2.24) is 10.2 Å². The molecular formula is C13H26N2. The molecule has 1 N–H and O–H groups in total. The summed E-state index contributed by atoms with van der Waals surface area (Å²) in [7, 11) is 0. The van der Waals surface area contributed by atoms with Crippen LogP contribution in [0, 0.1) is 5.92 Å². The molecule has 2 unspecified atom stereocenters. The van der Waals surface area contributed by atoms with Gasteiger partial charge < -0.3 is 5.32 Å². The highest BCUT2D eigenvalue weighted by Gasteiger charge is 2.33. The van der Waals surface area contributed by atoms with E-state index in [-0.39, 0.29) is 0 Å². The Morgan fingerprint density at radius 1 is 1.20 bits per heavy atom. The molecule has 0 bridgehead atoms. The van der Waals surface area contributed by atoms with Gasteiger partial charge in [-0.25, -0.2) is 0 Å². The standard InChI is InChI=1S/C13H26N2/c1-10(2)13-8-14-11(3)9-15(13)12-6-4-5-7-12/h10-14H,4-9H2,1-3H3. The number of hydrogen-bond donors (Lipinski definition) is 1. The van der Waals surface area contributed by atoms with Crippen molar-refractivity contribution in [2.24, 2.45) is 5.92 Å². The first-order valence-electron chi connectivity index (χ1n) is 6.67. The molecule has 2 atom stereocenters. The highest BCUT2D eigenvalue weighted by molar-refractivity contribution is 4.91. The first-order chi connectivity index (χ1) is 7.18. The number of rotatable bonds is 2. The zero-order valence-electron chi connectivity index (χ0n) is 10.5. The fourth-order valence-electron chi connectivity index (χ4n) is 3.23. The van der Waals surface area contributed by atoms with E-state index >= 15 is 0 Å². The molecule has 0 aromatic heterocycles. The lowest BCUT2D eigenvalue weighted by atomic mass is 9.96. The van der Waals surface area contributed by atoms with Crippen LogP contribution in [-0.4, -0.2) is 36.1 Å². The summed E-state index contributed by atoms with van der Waals surface area (Å²) >= 11 is 0. The van der Waals surface area contributed by atoms with Crippen molar-refractivity contribution in [3.63, 3.8) is 0 Å². The highest BCUT2D eigenvalue weighted by Crippen LogP contribution is 2.28. The highest BCUT2D eigenvalue weighted by atomic mass is 15.3. The van der Waals surface area contributed by atoms with E-state index in [2.05, 4.69) is 31.0 Å². The van der Waals surface area contributed by atoms with Gasteiger partial charge in [-0.2, -0.15) is 0 Å². The molecular weight excluding hydrogens is 184 g/mol. The molecule has 15 heavy (non-hydrogen) atoms. The van der Waals surface area contributed by atoms with Gasteiger partial charge in [-0.3, -0.25) is 4.90 Å². The summed E-state index contributed by atoms with van der Waals surface area (Å²) in [5, 5.41) is 3.63. The van der Waals surface area contributed by atoms with Crippen LogP contribution in [0.5, 0.6) is 0 Å². The predicted molar refractivity (Wildman–Crippen MR) is 65.1 cm³/mol. The van der Waals surface area contributed by atoms with Crippen LogP contribution in [0.15, 0.2) is 0 Å². The maximum atomic E-state index is 3.63. The second-order valence-corrected chi connectivity index (χ2v) is 5.76. The normalized spacial score (nSPS) is 35.2. The molecule has 88 valence electrons. The fourth-order valence-corrected chi connectivity index (χ4v) is 3.23. The third kappa shape index (κ3) is 2.54. The Balaban J connectivity index is 2.01. The first-order valence-corrected chi connectivity index (χ1v) is 6.67. The Morgan fingerprint density at radius 3 is 2.47 bits per heavy atom. The number of hydrogen-bond acceptors (Lipinski definition) is 2. The molecule has 0 spiro atoms. The molecule has 0 amide bonds. The predicted octanol–water partition coefficient (Wildman–Crippen LogP) is 2.25. The van der Waals surface area contributed by atoms with Gasteiger partial charge in [0.2, 0.25) is 0 Å². The van der Waals surface area contributed by atoms with E-state index in [9.17, 15) is 0 Å². The molecule has 2 heteroatoms. The van der Waals surface area contributed by atoms with E-state index in [0.717, 1.165) is 18.0 Å². The van der Waals surface area contributed by atoms with E-state index in [0.29, 0.717) is 6.04 Å². The Morgan fingerprint density at radius 2 is 1.87 bits per heavy atom. The topological polar surface area (TPSA) is 15.3 Å². The average Bonchev–Trinajstić information content (AvgIpc) is 2.69. The van der Waals surface area contributed by atoms with Crippen LogP contribution in [0.1, 0.15) is 46.5 Å². The van der Waals surface area contributed by atoms with Gasteiger partial charge in [0, 0.05) is 31.2 Å². The summed E-state index contributed by atoms with van der Waals surface area (Å²) in [6.45, 7) is 9.50. The third-order valence-electron chi connectivity index (χ3n) is 4.15. The lowest BCUT2D eigenvalue weighted by Gasteiger charge is -2.44. The van der Waals surface area contributed by atoms with Gasteiger partial charge in [0.15, 0.2) is 0 Å². The van der Waals surface area contributed by atoms with Crippen LogP contribution in [-0.2, 0) is 0 Å². The third-order valence-corrected chi connectivity index (χ3v) is 4.15. The van der Waals surface area contributed by atoms with Crippen molar-refractivity contribution in [1.29, 1.82) is 0 Å². The van der Waals surface area contributed by atoms with Gasteiger partial charge in [0.25, 0.3) is 0 Å². The minimum absolute atomic E-state index is 0.681. The van der Waals surface area contributed by atoms with Crippen LogP contribution in [0.2, 0.25) is 0 Å². The molecule has 2 rings (SSSR count). The summed E-state index contributed by atoms with van der Waals surface area (Å²) in [5.41, 5.74) is 0. The van der Waals surface area contributed by atoms with Crippen LogP contribution in [0.3, 0.4) is 0 Å². The van der Waals surface area contributed by atoms with E-state index in [1.807, 2.05) is 0 Å². The van der Waals surface area contributed by atoms with Crippen LogP contribution >= 0.6 is 0 Å². The first kappa shape index (κ1) is 11.4. The largest absolute Gasteiger partial charge is 0.311 e. The van der Waals surface area contributed by atoms with Crippen molar-refractivity contribution in [2.75, 3.05) is 13.1 Å². The van der Waals surface area contributed by atoms with E-state index < -0.39 is 0 Å². The molecule has 2 aliphatic rings. The summed E-state index contributed by atoms with van der Waals surface area (Å²) in [6, 6.07) is 2.34. The lowest BCUT2D eigenvalue weighted by Crippen LogP contribution is -2.59. The molecule has 2 nitrogen and oxygen atoms in total. The zero-order chi connectivity index (χ0) is 10.8. The monoisotopic (exact) mass is 210 g/mol. The quantitative estimate of drug-likeness (QED) is 0.752. The summed E-state index contributed by atoms with van der Waals surface area (Å²) in [6.07, 6.45) is 5.79. The van der Waals surface area contributed by atoms with Crippen molar-refractivity contribution in [3.05, 3.63) is 0 Å². The molecule has 0 radical (unpaired) electrons. The maximum Gasteiger partial charge on any atom is 0.0247 e. The van der Waals surface area contributed by atoms with Crippen molar-refractivity contribution >= 4 is 0 Å². The molecule has 0 aromatic rings. The lowest BCUT2D eigenvalue weighted by molar-refractivity contribution is 0.0614. The number of nitrogens with zero attached hydrogens (tertiary/aromatic N) is 1. The average molecular weight is 210 g/mol. The van der Waals surface area contributed by atoms with E-state index in [1.165, 1.54) is 38.8 Å². The Labute approximate surface area is 94.4 Å². The SMILES string of the molecule is CC1CN(C2CCCC2)C(C(C)C)CN1. The number of nitrogens with one attached hydrogen (secondary N) is 1. The maximum absolute atomic E-state index is 3.63. The van der Waals surface area contributed by atoms with E-state index in [4.69, 9.17) is 0 Å². The van der Waals surface area contributed by atoms with Gasteiger partial charge in [-0.15, -0.1) is 0 Å². The second kappa shape index (κ2) is 4.84. The number of piperazine rings is 1. The molecule has 2 fully saturated rings. The molecule has 1 aliphatic heterocycles. The molecule has 0 aromatic carbocycles. The molecule has 1 aliphatic carbocycles. The molecule has 1 saturated heterocycles. The Bertz CT molecular complexity index is 197. The van der Waals surface area contributed by atoms with Gasteiger partial charge >= 0.3 is 0 Å². The van der Waals surface area contributed by atoms with Crippen LogP contribution in [0.4, 0.5) is 0 Å². The fraction of sp³-hybridized carbons (Fsp3) is 1.00. The van der Waals surface area contributed by atoms with Crippen LogP contribution < -0.4 is 5.32 Å². The Hall–Kier alpha value is -0.0800. The Kier molecular flexibility index (Phi) is 3.68. The minimum atomic E-state index is 0.681. The van der Waals surface area contributed by atoms with E-state index in [1.54, 1.807) is 0 Å². The second-order valence-electron chi connectivity index (χ2n) is 5.76. The van der Waals surface area contributed by atoms with Gasteiger partial charge in [0.05, 0.1) is 0 Å². The van der Waals surface area contributed by atoms with Gasteiger partial charge in [0.1, 0.15) is 0 Å². The minimum Gasteiger partial charge on any atom is -0.311 e. The molecule has 1 heterocycles. The smallest absolute Gasteiger partial charge is 0.0247 e. The van der Waals surface area contributed by atoms with Crippen LogP contribution in [0.25, 0.3) is 0 Å². The molecule has 1 saturated carbocycles.